The summed E-state index contributed by atoms with van der Waals surface area (Å²) in [7, 11) is -3.48. The van der Waals surface area contributed by atoms with E-state index in [1.807, 2.05) is 19.1 Å². The van der Waals surface area contributed by atoms with Gasteiger partial charge in [0.15, 0.2) is 0 Å². The molecule has 1 aromatic carbocycles. The second-order valence-electron chi connectivity index (χ2n) is 5.42. The fourth-order valence-electron chi connectivity index (χ4n) is 2.61. The van der Waals surface area contributed by atoms with Crippen LogP contribution in [-0.4, -0.2) is 32.5 Å². The Bertz CT molecular complexity index is 545. The third kappa shape index (κ3) is 4.77. The highest BCUT2D eigenvalue weighted by molar-refractivity contribution is 9.09. The average molecular weight is 376 g/mol. The largest absolute Gasteiger partial charge is 0.376 e. The van der Waals surface area contributed by atoms with Crippen molar-refractivity contribution in [2.45, 2.75) is 49.6 Å². The van der Waals surface area contributed by atoms with Gasteiger partial charge in [-0.05, 0) is 31.9 Å². The smallest absolute Gasteiger partial charge is 0.240 e. The molecule has 1 saturated carbocycles. The number of hydrogen-bond acceptors (Lipinski definition) is 3. The average Bonchev–Trinajstić information content (AvgIpc) is 2.46. The van der Waals surface area contributed by atoms with Gasteiger partial charge in [0.25, 0.3) is 0 Å². The van der Waals surface area contributed by atoms with Crippen LogP contribution in [0.1, 0.15) is 31.2 Å². The maximum Gasteiger partial charge on any atom is 0.240 e. The van der Waals surface area contributed by atoms with Crippen molar-refractivity contribution in [2.24, 2.45) is 0 Å². The Labute approximate surface area is 135 Å². The van der Waals surface area contributed by atoms with Gasteiger partial charge in [0.05, 0.1) is 17.6 Å². The molecule has 1 aliphatic carbocycles. The van der Waals surface area contributed by atoms with Crippen molar-refractivity contribution >= 4 is 26.0 Å². The lowest BCUT2D eigenvalue weighted by atomic mass is 9.93. The number of halogens is 1. The summed E-state index contributed by atoms with van der Waals surface area (Å²) < 4.78 is 33.5. The van der Waals surface area contributed by atoms with Crippen LogP contribution in [0.5, 0.6) is 0 Å². The molecule has 1 aliphatic rings. The van der Waals surface area contributed by atoms with E-state index >= 15 is 0 Å². The molecule has 0 radical (unpaired) electrons. The summed E-state index contributed by atoms with van der Waals surface area (Å²) in [4.78, 5) is 0.318. The maximum absolute atomic E-state index is 12.5. The Morgan fingerprint density at radius 2 is 1.90 bits per heavy atom. The first-order valence-electron chi connectivity index (χ1n) is 7.29. The Hall–Kier alpha value is -0.430. The Morgan fingerprint density at radius 1 is 1.24 bits per heavy atom. The topological polar surface area (TPSA) is 55.4 Å². The van der Waals surface area contributed by atoms with Crippen LogP contribution >= 0.6 is 15.9 Å². The molecule has 0 aliphatic heterocycles. The molecule has 1 fully saturated rings. The summed E-state index contributed by atoms with van der Waals surface area (Å²) in [5.74, 6) is 0. The lowest BCUT2D eigenvalue weighted by molar-refractivity contribution is 0.0203. The molecule has 1 N–H and O–H groups in total. The van der Waals surface area contributed by atoms with E-state index in [9.17, 15) is 8.42 Å². The van der Waals surface area contributed by atoms with Crippen LogP contribution in [-0.2, 0) is 14.8 Å². The first-order chi connectivity index (χ1) is 10.0. The van der Waals surface area contributed by atoms with Crippen LogP contribution in [0.3, 0.4) is 0 Å². The molecule has 0 heterocycles. The van der Waals surface area contributed by atoms with Gasteiger partial charge in [0, 0.05) is 11.4 Å². The number of hydrogen-bond donors (Lipinski definition) is 1. The molecule has 0 spiro atoms. The zero-order chi connectivity index (χ0) is 15.3. The van der Waals surface area contributed by atoms with Gasteiger partial charge in [-0.25, -0.2) is 13.1 Å². The molecule has 0 amide bonds. The van der Waals surface area contributed by atoms with E-state index in [1.54, 1.807) is 12.1 Å². The molecule has 118 valence electrons. The molecular weight excluding hydrogens is 354 g/mol. The molecule has 0 saturated heterocycles. The van der Waals surface area contributed by atoms with Crippen molar-refractivity contribution in [3.63, 3.8) is 0 Å². The van der Waals surface area contributed by atoms with Crippen LogP contribution in [0.25, 0.3) is 0 Å². The van der Waals surface area contributed by atoms with Crippen molar-refractivity contribution in [3.8, 4) is 0 Å². The summed E-state index contributed by atoms with van der Waals surface area (Å²) in [6.07, 6.45) is 3.84. The Kier molecular flexibility index (Phi) is 6.22. The number of rotatable bonds is 6. The predicted molar refractivity (Wildman–Crippen MR) is 87.3 cm³/mol. The van der Waals surface area contributed by atoms with Gasteiger partial charge in [-0.3, -0.25) is 0 Å². The highest BCUT2D eigenvalue weighted by Crippen LogP contribution is 2.23. The van der Waals surface area contributed by atoms with Gasteiger partial charge in [0.2, 0.25) is 10.0 Å². The molecular formula is C15H22BrNO3S. The molecule has 0 aromatic heterocycles. The summed E-state index contributed by atoms with van der Waals surface area (Å²) >= 11 is 3.34. The van der Waals surface area contributed by atoms with Gasteiger partial charge in [0.1, 0.15) is 0 Å². The standard InChI is InChI=1S/C15H22BrNO3S/c1-12-6-8-13(9-7-12)21(18,19)17-14-4-2-3-5-15(14)20-11-10-16/h6-9,14-15,17H,2-5,10-11H2,1H3. The quantitative estimate of drug-likeness (QED) is 0.777. The minimum absolute atomic E-state index is 0.0310. The summed E-state index contributed by atoms with van der Waals surface area (Å²) in [6, 6.07) is 6.79. The van der Waals surface area contributed by atoms with Crippen LogP contribution in [0, 0.1) is 6.92 Å². The van der Waals surface area contributed by atoms with Crippen molar-refractivity contribution in [1.29, 1.82) is 0 Å². The number of nitrogens with one attached hydrogen (secondary N) is 1. The molecule has 21 heavy (non-hydrogen) atoms. The van der Waals surface area contributed by atoms with Gasteiger partial charge in [-0.2, -0.15) is 0 Å². The minimum Gasteiger partial charge on any atom is -0.376 e. The first-order valence-corrected chi connectivity index (χ1v) is 9.90. The fraction of sp³-hybridized carbons (Fsp3) is 0.600. The third-order valence-electron chi connectivity index (χ3n) is 3.75. The normalized spacial score (nSPS) is 23.1. The fourth-order valence-corrected chi connectivity index (χ4v) is 4.10. The third-order valence-corrected chi connectivity index (χ3v) is 5.58. The zero-order valence-corrected chi connectivity index (χ0v) is 14.6. The molecule has 6 heteroatoms. The number of ether oxygens (including phenoxy) is 1. The van der Waals surface area contributed by atoms with E-state index in [0.29, 0.717) is 11.5 Å². The van der Waals surface area contributed by atoms with Crippen molar-refractivity contribution < 1.29 is 13.2 Å². The number of aryl methyl sites for hydroxylation is 1. The van der Waals surface area contributed by atoms with Crippen LogP contribution in [0.4, 0.5) is 0 Å². The SMILES string of the molecule is Cc1ccc(S(=O)(=O)NC2CCCCC2OCCBr)cc1. The first kappa shape index (κ1) is 16.9. The lowest BCUT2D eigenvalue weighted by Crippen LogP contribution is -2.46. The zero-order valence-electron chi connectivity index (χ0n) is 12.2. The Balaban J connectivity index is 2.08. The second-order valence-corrected chi connectivity index (χ2v) is 7.93. The van der Waals surface area contributed by atoms with Crippen LogP contribution in [0.15, 0.2) is 29.2 Å². The Morgan fingerprint density at radius 3 is 2.57 bits per heavy atom. The van der Waals surface area contributed by atoms with Gasteiger partial charge in [-0.15, -0.1) is 0 Å². The van der Waals surface area contributed by atoms with E-state index < -0.39 is 10.0 Å². The van der Waals surface area contributed by atoms with Crippen molar-refractivity contribution in [2.75, 3.05) is 11.9 Å². The monoisotopic (exact) mass is 375 g/mol. The van der Waals surface area contributed by atoms with Gasteiger partial charge >= 0.3 is 0 Å². The van der Waals surface area contributed by atoms with Crippen molar-refractivity contribution in [3.05, 3.63) is 29.8 Å². The lowest BCUT2D eigenvalue weighted by Gasteiger charge is -2.31. The molecule has 2 rings (SSSR count). The number of sulfonamides is 1. The summed E-state index contributed by atoms with van der Waals surface area (Å²) in [6.45, 7) is 2.54. The molecule has 1 aromatic rings. The van der Waals surface area contributed by atoms with Gasteiger partial charge in [-0.1, -0.05) is 46.5 Å². The van der Waals surface area contributed by atoms with Crippen LogP contribution < -0.4 is 4.72 Å². The van der Waals surface area contributed by atoms with Crippen LogP contribution in [0.2, 0.25) is 0 Å². The van der Waals surface area contributed by atoms with Gasteiger partial charge < -0.3 is 4.74 Å². The van der Waals surface area contributed by atoms with E-state index in [2.05, 4.69) is 20.7 Å². The maximum atomic E-state index is 12.5. The highest BCUT2D eigenvalue weighted by Gasteiger charge is 2.30. The molecule has 0 bridgehead atoms. The van der Waals surface area contributed by atoms with E-state index in [4.69, 9.17) is 4.74 Å². The van der Waals surface area contributed by atoms with E-state index in [1.165, 1.54) is 0 Å². The highest BCUT2D eigenvalue weighted by atomic mass is 79.9. The molecule has 2 atom stereocenters. The van der Waals surface area contributed by atoms with E-state index in [-0.39, 0.29) is 12.1 Å². The summed E-state index contributed by atoms with van der Waals surface area (Å²) in [5.41, 5.74) is 1.05. The predicted octanol–water partition coefficient (Wildman–Crippen LogP) is 3.00. The number of alkyl halides is 1. The molecule has 4 nitrogen and oxygen atoms in total. The number of benzene rings is 1. The summed E-state index contributed by atoms with van der Waals surface area (Å²) in [5, 5.41) is 0.765. The van der Waals surface area contributed by atoms with E-state index in [0.717, 1.165) is 36.6 Å². The second kappa shape index (κ2) is 7.72. The van der Waals surface area contributed by atoms with Crippen molar-refractivity contribution in [1.82, 2.24) is 4.72 Å². The molecule has 2 unspecified atom stereocenters. The minimum atomic E-state index is -3.48.